The van der Waals surface area contributed by atoms with Gasteiger partial charge in [-0.1, -0.05) is 42.5 Å². The Hall–Kier alpha value is -2.86. The number of hydroxylamine groups is 1. The zero-order valence-electron chi connectivity index (χ0n) is 16.4. The van der Waals surface area contributed by atoms with Gasteiger partial charge in [0.15, 0.2) is 0 Å². The Balaban J connectivity index is 1.67. The highest BCUT2D eigenvalue weighted by Gasteiger charge is 2.64. The van der Waals surface area contributed by atoms with E-state index in [1.807, 2.05) is 51.1 Å². The average molecular weight is 382 g/mol. The third kappa shape index (κ3) is 4.34. The van der Waals surface area contributed by atoms with Crippen LogP contribution in [0.15, 0.2) is 54.6 Å². The first-order chi connectivity index (χ1) is 13.2. The number of nitrogens with one attached hydrogen (secondary N) is 1. The van der Waals surface area contributed by atoms with Crippen molar-refractivity contribution in [2.45, 2.75) is 44.8 Å². The van der Waals surface area contributed by atoms with Crippen LogP contribution in [0.5, 0.6) is 5.75 Å². The summed E-state index contributed by atoms with van der Waals surface area (Å²) < 4.78 is 5.78. The summed E-state index contributed by atoms with van der Waals surface area (Å²) in [6, 6.07) is 17.0. The van der Waals surface area contributed by atoms with Crippen LogP contribution in [0.25, 0.3) is 0 Å². The van der Waals surface area contributed by atoms with Crippen LogP contribution in [0, 0.1) is 5.92 Å². The molecule has 1 aliphatic rings. The highest BCUT2D eigenvalue weighted by molar-refractivity contribution is 5.99. The summed E-state index contributed by atoms with van der Waals surface area (Å²) in [4.78, 5) is 29.9. The maximum Gasteiger partial charge on any atom is 0.248 e. The van der Waals surface area contributed by atoms with Gasteiger partial charge in [-0.25, -0.2) is 5.48 Å². The molecule has 1 fully saturated rings. The molecule has 2 aromatic carbocycles. The summed E-state index contributed by atoms with van der Waals surface area (Å²) in [5, 5.41) is 0. The van der Waals surface area contributed by atoms with Crippen LogP contribution < -0.4 is 16.0 Å². The lowest BCUT2D eigenvalue weighted by atomic mass is 9.92. The lowest BCUT2D eigenvalue weighted by Gasteiger charge is -2.20. The molecule has 6 nitrogen and oxygen atoms in total. The lowest BCUT2D eigenvalue weighted by Crippen LogP contribution is -2.38. The number of carbonyl (C=O) groups excluding carboxylic acids is 2. The van der Waals surface area contributed by atoms with Gasteiger partial charge < -0.3 is 10.5 Å². The van der Waals surface area contributed by atoms with Crippen molar-refractivity contribution < 1.29 is 19.2 Å². The highest BCUT2D eigenvalue weighted by atomic mass is 16.7. The normalized spacial score (nSPS) is 21.0. The molecule has 2 aromatic rings. The standard InChI is InChI=1S/C22H26N2O4/c1-21(2,3)28-24-19(25)18-13-22(18,20(23)26)16-9-11-17(12-10-16)27-14-15-7-5-4-6-8-15/h4-12,18H,13-14H2,1-3H3,(H2,23,26)(H,24,25). The number of ether oxygens (including phenoxy) is 1. The Morgan fingerprint density at radius 1 is 1.11 bits per heavy atom. The monoisotopic (exact) mass is 382 g/mol. The van der Waals surface area contributed by atoms with Gasteiger partial charge in [0, 0.05) is 0 Å². The van der Waals surface area contributed by atoms with Crippen LogP contribution in [0.1, 0.15) is 38.3 Å². The summed E-state index contributed by atoms with van der Waals surface area (Å²) in [6.07, 6.45) is 0.367. The van der Waals surface area contributed by atoms with Crippen molar-refractivity contribution in [3.05, 3.63) is 65.7 Å². The highest BCUT2D eigenvalue weighted by Crippen LogP contribution is 2.54. The van der Waals surface area contributed by atoms with Crippen LogP contribution in [-0.4, -0.2) is 17.4 Å². The van der Waals surface area contributed by atoms with E-state index in [1.165, 1.54) is 0 Å². The molecule has 0 aliphatic heterocycles. The van der Waals surface area contributed by atoms with Gasteiger partial charge >= 0.3 is 0 Å². The molecule has 148 valence electrons. The first kappa shape index (κ1) is 19.9. The van der Waals surface area contributed by atoms with Crippen molar-refractivity contribution in [1.29, 1.82) is 0 Å². The van der Waals surface area contributed by atoms with E-state index in [0.717, 1.165) is 5.56 Å². The van der Waals surface area contributed by atoms with Gasteiger partial charge in [0.25, 0.3) is 0 Å². The van der Waals surface area contributed by atoms with Crippen molar-refractivity contribution in [3.8, 4) is 5.75 Å². The summed E-state index contributed by atoms with van der Waals surface area (Å²) >= 11 is 0. The predicted octanol–water partition coefficient (Wildman–Crippen LogP) is 2.85. The largest absolute Gasteiger partial charge is 0.489 e. The second-order valence-corrected chi connectivity index (χ2v) is 8.07. The number of hydrogen-bond acceptors (Lipinski definition) is 4. The van der Waals surface area contributed by atoms with Crippen molar-refractivity contribution in [2.24, 2.45) is 11.7 Å². The molecule has 6 heteroatoms. The van der Waals surface area contributed by atoms with Gasteiger partial charge in [-0.15, -0.1) is 0 Å². The van der Waals surface area contributed by atoms with E-state index < -0.39 is 22.8 Å². The summed E-state index contributed by atoms with van der Waals surface area (Å²) in [7, 11) is 0. The number of benzene rings is 2. The number of amides is 2. The second kappa shape index (κ2) is 7.64. The topological polar surface area (TPSA) is 90.6 Å². The van der Waals surface area contributed by atoms with Crippen molar-refractivity contribution in [1.82, 2.24) is 5.48 Å². The summed E-state index contributed by atoms with van der Waals surface area (Å²) in [5.41, 5.74) is 8.36. The Kier molecular flexibility index (Phi) is 5.42. The Morgan fingerprint density at radius 2 is 1.75 bits per heavy atom. The third-order valence-electron chi connectivity index (χ3n) is 4.79. The molecule has 0 aromatic heterocycles. The number of primary amides is 1. The molecular weight excluding hydrogens is 356 g/mol. The minimum atomic E-state index is -0.997. The fourth-order valence-electron chi connectivity index (χ4n) is 3.18. The predicted molar refractivity (Wildman–Crippen MR) is 105 cm³/mol. The Morgan fingerprint density at radius 3 is 2.32 bits per heavy atom. The van der Waals surface area contributed by atoms with Gasteiger partial charge in [0.2, 0.25) is 11.8 Å². The van der Waals surface area contributed by atoms with E-state index in [0.29, 0.717) is 24.3 Å². The number of rotatable bonds is 7. The third-order valence-corrected chi connectivity index (χ3v) is 4.79. The molecule has 0 saturated heterocycles. The lowest BCUT2D eigenvalue weighted by molar-refractivity contribution is -0.148. The molecular formula is C22H26N2O4. The molecule has 1 aliphatic carbocycles. The van der Waals surface area contributed by atoms with Crippen molar-refractivity contribution in [2.75, 3.05) is 0 Å². The minimum Gasteiger partial charge on any atom is -0.489 e. The van der Waals surface area contributed by atoms with Crippen molar-refractivity contribution in [3.63, 3.8) is 0 Å². The molecule has 3 N–H and O–H groups in total. The van der Waals surface area contributed by atoms with Gasteiger partial charge in [-0.05, 0) is 50.5 Å². The quantitative estimate of drug-likeness (QED) is 0.721. The molecule has 0 bridgehead atoms. The first-order valence-electron chi connectivity index (χ1n) is 9.27. The van der Waals surface area contributed by atoms with Gasteiger partial charge in [0.05, 0.1) is 16.9 Å². The fourth-order valence-corrected chi connectivity index (χ4v) is 3.18. The molecule has 0 spiro atoms. The Bertz CT molecular complexity index is 843. The zero-order chi connectivity index (χ0) is 20.4. The molecule has 2 amide bonds. The Labute approximate surface area is 165 Å². The van der Waals surface area contributed by atoms with E-state index in [-0.39, 0.29) is 5.91 Å². The van der Waals surface area contributed by atoms with Crippen LogP contribution in [0.3, 0.4) is 0 Å². The minimum absolute atomic E-state index is 0.335. The van der Waals surface area contributed by atoms with E-state index >= 15 is 0 Å². The molecule has 0 heterocycles. The fraction of sp³-hybridized carbons (Fsp3) is 0.364. The van der Waals surface area contributed by atoms with Crippen LogP contribution in [0.2, 0.25) is 0 Å². The summed E-state index contributed by atoms with van der Waals surface area (Å²) in [6.45, 7) is 5.94. The van der Waals surface area contributed by atoms with E-state index in [1.54, 1.807) is 24.3 Å². The van der Waals surface area contributed by atoms with Crippen molar-refractivity contribution >= 4 is 11.8 Å². The maximum absolute atomic E-state index is 12.4. The maximum atomic E-state index is 12.4. The molecule has 0 radical (unpaired) electrons. The first-order valence-corrected chi connectivity index (χ1v) is 9.27. The molecule has 2 atom stereocenters. The van der Waals surface area contributed by atoms with E-state index in [4.69, 9.17) is 15.3 Å². The number of nitrogens with two attached hydrogens (primary N) is 1. The van der Waals surface area contributed by atoms with Crippen LogP contribution >= 0.6 is 0 Å². The number of carbonyl (C=O) groups is 2. The van der Waals surface area contributed by atoms with E-state index in [2.05, 4.69) is 5.48 Å². The number of hydrogen-bond donors (Lipinski definition) is 2. The smallest absolute Gasteiger partial charge is 0.248 e. The average Bonchev–Trinajstić information content (AvgIpc) is 3.42. The molecule has 3 rings (SSSR count). The van der Waals surface area contributed by atoms with Gasteiger partial charge in [0.1, 0.15) is 12.4 Å². The SMILES string of the molecule is CC(C)(C)ONC(=O)C1CC1(C(N)=O)c1ccc(OCc2ccccc2)cc1. The zero-order valence-corrected chi connectivity index (χ0v) is 16.4. The molecule has 2 unspecified atom stereocenters. The van der Waals surface area contributed by atoms with Crippen LogP contribution in [0.4, 0.5) is 0 Å². The van der Waals surface area contributed by atoms with Gasteiger partial charge in [-0.3, -0.25) is 14.4 Å². The summed E-state index contributed by atoms with van der Waals surface area (Å²) in [5.74, 6) is -0.701. The van der Waals surface area contributed by atoms with Gasteiger partial charge in [-0.2, -0.15) is 0 Å². The van der Waals surface area contributed by atoms with E-state index in [9.17, 15) is 9.59 Å². The van der Waals surface area contributed by atoms with Crippen LogP contribution in [-0.2, 0) is 26.4 Å². The molecule has 1 saturated carbocycles. The molecule has 28 heavy (non-hydrogen) atoms. The second-order valence-electron chi connectivity index (χ2n) is 8.07.